The van der Waals surface area contributed by atoms with Gasteiger partial charge in [0.25, 0.3) is 0 Å². The summed E-state index contributed by atoms with van der Waals surface area (Å²) in [6, 6.07) is 9.65. The summed E-state index contributed by atoms with van der Waals surface area (Å²) >= 11 is 0. The summed E-state index contributed by atoms with van der Waals surface area (Å²) in [5.74, 6) is -2.00. The van der Waals surface area contributed by atoms with Gasteiger partial charge in [0.2, 0.25) is 5.91 Å². The normalized spacial score (nSPS) is 38.2. The summed E-state index contributed by atoms with van der Waals surface area (Å²) in [5.41, 5.74) is 1.36. The predicted molar refractivity (Wildman–Crippen MR) is 130 cm³/mol. The molecule has 0 bridgehead atoms. The fraction of sp³-hybridized carbons (Fsp3) is 0.500. The molecule has 8 unspecified atom stereocenters. The van der Waals surface area contributed by atoms with Crippen molar-refractivity contribution in [2.45, 2.75) is 58.8 Å². The number of carbonyl (C=O) groups excluding carboxylic acids is 2. The quantitative estimate of drug-likeness (QED) is 0.273. The molecule has 1 saturated heterocycles. The number of nitrogens with one attached hydrogen (secondary N) is 1. The van der Waals surface area contributed by atoms with Gasteiger partial charge in [0, 0.05) is 23.8 Å². The largest absolute Gasteiger partial charge is 0.392 e. The van der Waals surface area contributed by atoms with E-state index in [9.17, 15) is 20.0 Å². The first-order valence-corrected chi connectivity index (χ1v) is 12.1. The monoisotopic (exact) mass is 465 g/mol. The maximum atomic E-state index is 14.0. The van der Waals surface area contributed by atoms with Crippen LogP contribution in [0.3, 0.4) is 0 Å². The number of rotatable bonds is 3. The van der Waals surface area contributed by atoms with Crippen molar-refractivity contribution in [1.82, 2.24) is 5.32 Å². The maximum Gasteiger partial charge on any atom is 0.235 e. The first kappa shape index (κ1) is 24.6. The highest BCUT2D eigenvalue weighted by Gasteiger charge is 2.66. The topological polar surface area (TPSA) is 95.9 Å². The van der Waals surface area contributed by atoms with E-state index in [0.29, 0.717) is 12.8 Å². The SMILES string of the molecule is CC1=C(C)C2C(Cc3ccccc3)NC(=O)C23C(=O)C=CC(C)C(O)C(C)CC=CC3C1OO. The Bertz CT molecular complexity index is 1030. The van der Waals surface area contributed by atoms with Crippen LogP contribution >= 0.6 is 0 Å². The zero-order chi connectivity index (χ0) is 24.6. The third kappa shape index (κ3) is 3.88. The van der Waals surface area contributed by atoms with E-state index in [1.807, 2.05) is 70.2 Å². The number of aliphatic hydroxyl groups is 1. The van der Waals surface area contributed by atoms with Crippen molar-refractivity contribution in [2.24, 2.45) is 29.1 Å². The molecule has 1 amide bonds. The summed E-state index contributed by atoms with van der Waals surface area (Å²) in [4.78, 5) is 32.8. The van der Waals surface area contributed by atoms with Gasteiger partial charge >= 0.3 is 0 Å². The van der Waals surface area contributed by atoms with Gasteiger partial charge in [-0.15, -0.1) is 0 Å². The van der Waals surface area contributed by atoms with Crippen LogP contribution in [0.4, 0.5) is 0 Å². The van der Waals surface area contributed by atoms with Crippen LogP contribution in [0.25, 0.3) is 0 Å². The van der Waals surface area contributed by atoms with Crippen molar-refractivity contribution >= 4 is 11.7 Å². The number of ketones is 1. The molecule has 2 aliphatic carbocycles. The van der Waals surface area contributed by atoms with E-state index in [-0.39, 0.29) is 29.6 Å². The first-order valence-electron chi connectivity index (χ1n) is 12.1. The minimum absolute atomic E-state index is 0.0328. The number of hydrogen-bond donors (Lipinski definition) is 3. The summed E-state index contributed by atoms with van der Waals surface area (Å²) in [5, 5.41) is 23.7. The smallest absolute Gasteiger partial charge is 0.235 e. The summed E-state index contributed by atoms with van der Waals surface area (Å²) < 4.78 is 0. The van der Waals surface area contributed by atoms with Crippen LogP contribution in [0, 0.1) is 29.1 Å². The lowest BCUT2D eigenvalue weighted by Crippen LogP contribution is -2.55. The number of hydrogen-bond acceptors (Lipinski definition) is 5. The number of carbonyl (C=O) groups is 2. The van der Waals surface area contributed by atoms with Gasteiger partial charge in [0.15, 0.2) is 5.78 Å². The van der Waals surface area contributed by atoms with Crippen LogP contribution in [0.1, 0.15) is 39.7 Å². The van der Waals surface area contributed by atoms with Gasteiger partial charge in [-0.05, 0) is 49.8 Å². The van der Waals surface area contributed by atoms with Gasteiger partial charge in [-0.2, -0.15) is 0 Å². The Morgan fingerprint density at radius 2 is 1.79 bits per heavy atom. The molecular weight excluding hydrogens is 430 g/mol. The second-order valence-electron chi connectivity index (χ2n) is 10.2. The van der Waals surface area contributed by atoms with Gasteiger partial charge in [-0.25, -0.2) is 4.89 Å². The minimum atomic E-state index is -1.44. The molecule has 1 aromatic carbocycles. The Morgan fingerprint density at radius 3 is 2.47 bits per heavy atom. The van der Waals surface area contributed by atoms with E-state index in [1.165, 1.54) is 6.08 Å². The van der Waals surface area contributed by atoms with Crippen molar-refractivity contribution in [3.8, 4) is 0 Å². The van der Waals surface area contributed by atoms with E-state index in [4.69, 9.17) is 4.89 Å². The summed E-state index contributed by atoms with van der Waals surface area (Å²) in [6.07, 6.45) is 6.69. The van der Waals surface area contributed by atoms with E-state index in [0.717, 1.165) is 16.7 Å². The standard InChI is InChI=1S/C28H35NO5/c1-16-9-8-12-21-26(34-33)19(4)18(3)24-22(15-20-10-6-5-7-11-20)29-27(32)28(21,24)23(30)14-13-17(2)25(16)31/h5-8,10-14,16-17,21-22,24-26,31,33H,9,15H2,1-4H3,(H,29,32). The minimum Gasteiger partial charge on any atom is -0.392 e. The molecule has 3 N–H and O–H groups in total. The van der Waals surface area contributed by atoms with E-state index in [1.54, 1.807) is 6.08 Å². The molecule has 0 saturated carbocycles. The van der Waals surface area contributed by atoms with Crippen LogP contribution < -0.4 is 5.32 Å². The lowest BCUT2D eigenvalue weighted by atomic mass is 9.55. The molecule has 1 fully saturated rings. The maximum absolute atomic E-state index is 14.0. The van der Waals surface area contributed by atoms with Crippen molar-refractivity contribution in [3.05, 3.63) is 71.3 Å². The average Bonchev–Trinajstić information content (AvgIpc) is 3.11. The highest BCUT2D eigenvalue weighted by atomic mass is 17.1. The number of aliphatic hydroxyl groups excluding tert-OH is 1. The van der Waals surface area contributed by atoms with Crippen molar-refractivity contribution in [2.75, 3.05) is 0 Å². The fourth-order valence-electron chi connectivity index (χ4n) is 6.26. The molecule has 0 aromatic heterocycles. The van der Waals surface area contributed by atoms with Crippen molar-refractivity contribution in [3.63, 3.8) is 0 Å². The van der Waals surface area contributed by atoms with Gasteiger partial charge < -0.3 is 10.4 Å². The molecule has 1 aliphatic heterocycles. The zero-order valence-corrected chi connectivity index (χ0v) is 20.3. The Balaban J connectivity index is 1.89. The first-order chi connectivity index (χ1) is 16.2. The Kier molecular flexibility index (Phi) is 6.94. The third-order valence-electron chi connectivity index (χ3n) is 8.30. The molecule has 4 rings (SSSR count). The van der Waals surface area contributed by atoms with E-state index in [2.05, 4.69) is 5.32 Å². The Labute approximate surface area is 201 Å². The van der Waals surface area contributed by atoms with Crippen molar-refractivity contribution in [1.29, 1.82) is 0 Å². The van der Waals surface area contributed by atoms with Gasteiger partial charge in [-0.3, -0.25) is 14.8 Å². The molecule has 182 valence electrons. The molecule has 1 aromatic rings. The third-order valence-corrected chi connectivity index (χ3v) is 8.30. The molecule has 34 heavy (non-hydrogen) atoms. The number of allylic oxidation sites excluding steroid dienone is 2. The van der Waals surface area contributed by atoms with Gasteiger partial charge in [0.1, 0.15) is 11.5 Å². The lowest BCUT2D eigenvalue weighted by Gasteiger charge is -2.46. The van der Waals surface area contributed by atoms with Gasteiger partial charge in [-0.1, -0.05) is 68.0 Å². The average molecular weight is 466 g/mol. The van der Waals surface area contributed by atoms with Crippen LogP contribution in [-0.4, -0.2) is 40.3 Å². The molecule has 6 heteroatoms. The molecule has 1 spiro atoms. The van der Waals surface area contributed by atoms with Crippen LogP contribution in [0.5, 0.6) is 0 Å². The molecule has 1 heterocycles. The fourth-order valence-corrected chi connectivity index (χ4v) is 6.26. The van der Waals surface area contributed by atoms with Crippen molar-refractivity contribution < 1.29 is 24.8 Å². The summed E-state index contributed by atoms with van der Waals surface area (Å²) in [7, 11) is 0. The number of benzene rings is 1. The van der Waals surface area contributed by atoms with Crippen LogP contribution in [-0.2, 0) is 20.9 Å². The zero-order valence-electron chi connectivity index (χ0n) is 20.3. The second-order valence-corrected chi connectivity index (χ2v) is 10.2. The van der Waals surface area contributed by atoms with E-state index < -0.39 is 29.5 Å². The highest BCUT2D eigenvalue weighted by molar-refractivity contribution is 6.14. The van der Waals surface area contributed by atoms with Crippen LogP contribution in [0.15, 0.2) is 65.8 Å². The van der Waals surface area contributed by atoms with Crippen LogP contribution in [0.2, 0.25) is 0 Å². The highest BCUT2D eigenvalue weighted by Crippen LogP contribution is 2.55. The lowest BCUT2D eigenvalue weighted by molar-refractivity contribution is -0.284. The molecule has 3 aliphatic rings. The Morgan fingerprint density at radius 1 is 1.09 bits per heavy atom. The molecule has 8 atom stereocenters. The predicted octanol–water partition coefficient (Wildman–Crippen LogP) is 3.87. The molecule has 0 radical (unpaired) electrons. The van der Waals surface area contributed by atoms with E-state index >= 15 is 0 Å². The summed E-state index contributed by atoms with van der Waals surface area (Å²) in [6.45, 7) is 7.67. The molecule has 6 nitrogen and oxygen atoms in total. The molecular formula is C28H35NO5. The second kappa shape index (κ2) is 9.61. The van der Waals surface area contributed by atoms with Gasteiger partial charge in [0.05, 0.1) is 6.10 Å². The Hall–Kier alpha value is -2.54. The number of amides is 1.